The second-order valence-electron chi connectivity index (χ2n) is 5.11. The number of hydrogen-bond acceptors (Lipinski definition) is 4. The molecule has 1 aromatic rings. The van der Waals surface area contributed by atoms with E-state index in [-0.39, 0.29) is 0 Å². The first-order chi connectivity index (χ1) is 8.13. The van der Waals surface area contributed by atoms with Crippen LogP contribution in [0, 0.1) is 0 Å². The minimum Gasteiger partial charge on any atom is -0.373 e. The van der Waals surface area contributed by atoms with Crippen molar-refractivity contribution in [2.75, 3.05) is 0 Å². The summed E-state index contributed by atoms with van der Waals surface area (Å²) in [5.74, 6) is 0. The van der Waals surface area contributed by atoms with Crippen LogP contribution in [0.2, 0.25) is 0 Å². The normalized spacial score (nSPS) is 24.7. The summed E-state index contributed by atoms with van der Waals surface area (Å²) in [6, 6.07) is 0.471. The first-order valence-corrected chi connectivity index (χ1v) is 6.41. The van der Waals surface area contributed by atoms with E-state index < -0.39 is 0 Å². The smallest absolute Gasteiger partial charge is 0.0964 e. The molecule has 1 saturated heterocycles. The number of rotatable bonds is 5. The SMILES string of the molecule is CC(C)NCc1cn(CC2CCC(C)O2)nn1. The maximum absolute atomic E-state index is 5.77. The number of aromatic nitrogens is 3. The van der Waals surface area contributed by atoms with Crippen LogP contribution in [0.3, 0.4) is 0 Å². The van der Waals surface area contributed by atoms with Gasteiger partial charge in [-0.15, -0.1) is 5.10 Å². The molecule has 0 radical (unpaired) electrons. The number of nitrogens with one attached hydrogen (secondary N) is 1. The Kier molecular flexibility index (Phi) is 4.12. The summed E-state index contributed by atoms with van der Waals surface area (Å²) in [5.41, 5.74) is 0.991. The lowest BCUT2D eigenvalue weighted by atomic mass is 10.2. The maximum Gasteiger partial charge on any atom is 0.0964 e. The van der Waals surface area contributed by atoms with Crippen LogP contribution in [0.25, 0.3) is 0 Å². The van der Waals surface area contributed by atoms with Gasteiger partial charge < -0.3 is 10.1 Å². The molecular formula is C12H22N4O. The van der Waals surface area contributed by atoms with Gasteiger partial charge in [-0.1, -0.05) is 19.1 Å². The van der Waals surface area contributed by atoms with E-state index in [2.05, 4.69) is 36.4 Å². The van der Waals surface area contributed by atoms with E-state index >= 15 is 0 Å². The molecule has 2 rings (SSSR count). The zero-order valence-corrected chi connectivity index (χ0v) is 10.9. The van der Waals surface area contributed by atoms with Gasteiger partial charge in [-0.05, 0) is 19.8 Å². The largest absolute Gasteiger partial charge is 0.373 e. The molecule has 1 aromatic heterocycles. The van der Waals surface area contributed by atoms with Crippen molar-refractivity contribution in [2.24, 2.45) is 0 Å². The van der Waals surface area contributed by atoms with Gasteiger partial charge >= 0.3 is 0 Å². The Balaban J connectivity index is 1.81. The molecule has 1 aliphatic rings. The van der Waals surface area contributed by atoms with Crippen LogP contribution in [0.5, 0.6) is 0 Å². The number of hydrogen-bond donors (Lipinski definition) is 1. The molecule has 2 unspecified atom stereocenters. The minimum absolute atomic E-state index is 0.303. The monoisotopic (exact) mass is 238 g/mol. The quantitative estimate of drug-likeness (QED) is 0.841. The van der Waals surface area contributed by atoms with Crippen molar-refractivity contribution in [3.8, 4) is 0 Å². The fourth-order valence-corrected chi connectivity index (χ4v) is 2.05. The number of nitrogens with zero attached hydrogens (tertiary/aromatic N) is 3. The maximum atomic E-state index is 5.77. The molecule has 1 N–H and O–H groups in total. The van der Waals surface area contributed by atoms with Crippen molar-refractivity contribution in [3.05, 3.63) is 11.9 Å². The first kappa shape index (κ1) is 12.5. The molecule has 0 aromatic carbocycles. The van der Waals surface area contributed by atoms with Crippen molar-refractivity contribution in [1.82, 2.24) is 20.3 Å². The molecule has 0 amide bonds. The topological polar surface area (TPSA) is 52.0 Å². The summed E-state index contributed by atoms with van der Waals surface area (Å²) in [6.07, 6.45) is 4.98. The molecule has 1 fully saturated rings. The Hall–Kier alpha value is -0.940. The highest BCUT2D eigenvalue weighted by atomic mass is 16.5. The average Bonchev–Trinajstić information content (AvgIpc) is 2.86. The van der Waals surface area contributed by atoms with Crippen molar-refractivity contribution < 1.29 is 4.74 Å². The van der Waals surface area contributed by atoms with Gasteiger partial charge in [-0.2, -0.15) is 0 Å². The lowest BCUT2D eigenvalue weighted by Crippen LogP contribution is -2.22. The van der Waals surface area contributed by atoms with Crippen LogP contribution in [0.4, 0.5) is 0 Å². The Morgan fingerprint density at radius 3 is 3.00 bits per heavy atom. The molecule has 17 heavy (non-hydrogen) atoms. The zero-order valence-electron chi connectivity index (χ0n) is 10.9. The third-order valence-electron chi connectivity index (χ3n) is 2.99. The Morgan fingerprint density at radius 2 is 2.35 bits per heavy atom. The van der Waals surface area contributed by atoms with Gasteiger partial charge in [0.25, 0.3) is 0 Å². The van der Waals surface area contributed by atoms with Gasteiger partial charge in [0.15, 0.2) is 0 Å². The van der Waals surface area contributed by atoms with Crippen LogP contribution in [0.1, 0.15) is 39.3 Å². The van der Waals surface area contributed by atoms with Crippen LogP contribution in [0.15, 0.2) is 6.20 Å². The van der Waals surface area contributed by atoms with Crippen LogP contribution >= 0.6 is 0 Å². The van der Waals surface area contributed by atoms with Crippen molar-refractivity contribution >= 4 is 0 Å². The Labute approximate surface area is 103 Å². The van der Waals surface area contributed by atoms with E-state index in [9.17, 15) is 0 Å². The molecule has 0 bridgehead atoms. The van der Waals surface area contributed by atoms with Crippen LogP contribution < -0.4 is 5.32 Å². The summed E-state index contributed by atoms with van der Waals surface area (Å²) >= 11 is 0. The van der Waals surface area contributed by atoms with Gasteiger partial charge in [0.2, 0.25) is 0 Å². The molecule has 2 atom stereocenters. The average molecular weight is 238 g/mol. The van der Waals surface area contributed by atoms with E-state index in [4.69, 9.17) is 4.74 Å². The molecule has 96 valence electrons. The highest BCUT2D eigenvalue weighted by Gasteiger charge is 2.22. The van der Waals surface area contributed by atoms with Crippen molar-refractivity contribution in [2.45, 2.75) is 65.0 Å². The third kappa shape index (κ3) is 3.78. The van der Waals surface area contributed by atoms with E-state index in [0.29, 0.717) is 18.2 Å². The Morgan fingerprint density at radius 1 is 1.53 bits per heavy atom. The second kappa shape index (κ2) is 5.60. The molecule has 1 aliphatic heterocycles. The molecule has 5 nitrogen and oxygen atoms in total. The molecule has 5 heteroatoms. The van der Waals surface area contributed by atoms with Gasteiger partial charge in [-0.25, -0.2) is 4.68 Å². The predicted octanol–water partition coefficient (Wildman–Crippen LogP) is 1.34. The molecule has 2 heterocycles. The van der Waals surface area contributed by atoms with E-state index in [1.165, 1.54) is 0 Å². The third-order valence-corrected chi connectivity index (χ3v) is 2.99. The van der Waals surface area contributed by atoms with Crippen molar-refractivity contribution in [1.29, 1.82) is 0 Å². The van der Waals surface area contributed by atoms with E-state index in [1.54, 1.807) is 0 Å². The fraction of sp³-hybridized carbons (Fsp3) is 0.833. The molecular weight excluding hydrogens is 216 g/mol. The van der Waals surface area contributed by atoms with E-state index in [1.807, 2.05) is 10.9 Å². The lowest BCUT2D eigenvalue weighted by molar-refractivity contribution is 0.0434. The summed E-state index contributed by atoms with van der Waals surface area (Å²) in [7, 11) is 0. The predicted molar refractivity (Wildman–Crippen MR) is 65.6 cm³/mol. The molecule has 0 aliphatic carbocycles. The summed E-state index contributed by atoms with van der Waals surface area (Å²) in [6.45, 7) is 7.97. The number of ether oxygens (including phenoxy) is 1. The lowest BCUT2D eigenvalue weighted by Gasteiger charge is -2.10. The van der Waals surface area contributed by atoms with Crippen LogP contribution in [-0.4, -0.2) is 33.2 Å². The second-order valence-corrected chi connectivity index (χ2v) is 5.11. The molecule has 0 saturated carbocycles. The standard InChI is InChI=1S/C12H22N4O/c1-9(2)13-6-11-7-16(15-14-11)8-12-5-4-10(3)17-12/h7,9-10,12-13H,4-6,8H2,1-3H3. The zero-order chi connectivity index (χ0) is 12.3. The summed E-state index contributed by atoms with van der Waals surface area (Å²) in [4.78, 5) is 0. The van der Waals surface area contributed by atoms with Gasteiger partial charge in [0, 0.05) is 18.8 Å². The summed E-state index contributed by atoms with van der Waals surface area (Å²) < 4.78 is 7.66. The highest BCUT2D eigenvalue weighted by Crippen LogP contribution is 2.20. The fourth-order valence-electron chi connectivity index (χ4n) is 2.05. The van der Waals surface area contributed by atoms with Gasteiger partial charge in [0.05, 0.1) is 24.4 Å². The van der Waals surface area contributed by atoms with Crippen molar-refractivity contribution in [3.63, 3.8) is 0 Å². The van der Waals surface area contributed by atoms with Gasteiger partial charge in [0.1, 0.15) is 0 Å². The highest BCUT2D eigenvalue weighted by molar-refractivity contribution is 4.92. The Bertz CT molecular complexity index is 350. The minimum atomic E-state index is 0.303. The van der Waals surface area contributed by atoms with Gasteiger partial charge in [-0.3, -0.25) is 0 Å². The van der Waals surface area contributed by atoms with E-state index in [0.717, 1.165) is 31.6 Å². The molecule has 0 spiro atoms. The van der Waals surface area contributed by atoms with Crippen LogP contribution in [-0.2, 0) is 17.8 Å². The first-order valence-electron chi connectivity index (χ1n) is 6.41. The summed E-state index contributed by atoms with van der Waals surface area (Å²) in [5, 5.41) is 11.6.